The predicted molar refractivity (Wildman–Crippen MR) is 127 cm³/mol. The molecule has 1 amide bonds. The van der Waals surface area contributed by atoms with E-state index in [1.807, 2.05) is 38.8 Å². The number of likely N-dealkylation sites (tertiary alicyclic amines) is 1. The molecular weight excluding hydrogens is 390 g/mol. The number of benzene rings is 1. The Hall–Kier alpha value is -1.99. The van der Waals surface area contributed by atoms with Crippen molar-refractivity contribution in [1.29, 1.82) is 0 Å². The fraction of sp³-hybridized carbons (Fsp3) is 0.708. The Kier molecular flexibility index (Phi) is 7.70. The lowest BCUT2D eigenvalue weighted by molar-refractivity contribution is 0.0133. The van der Waals surface area contributed by atoms with E-state index in [1.54, 1.807) is 0 Å². The molecule has 0 saturated carbocycles. The van der Waals surface area contributed by atoms with Crippen molar-refractivity contribution in [3.8, 4) is 0 Å². The Bertz CT molecular complexity index is 740. The summed E-state index contributed by atoms with van der Waals surface area (Å²) in [4.78, 5) is 19.3. The number of piperidine rings is 1. The minimum atomic E-state index is -0.427. The summed E-state index contributed by atoms with van der Waals surface area (Å²) < 4.78 is 5.52. The molecule has 3 N–H and O–H groups in total. The topological polar surface area (TPSA) is 74.1 Å². The second-order valence-corrected chi connectivity index (χ2v) is 10.2. The van der Waals surface area contributed by atoms with Crippen molar-refractivity contribution in [1.82, 2.24) is 14.7 Å². The van der Waals surface area contributed by atoms with Crippen molar-refractivity contribution in [3.05, 3.63) is 23.8 Å². The van der Waals surface area contributed by atoms with E-state index in [9.17, 15) is 4.79 Å². The number of nitrogen functional groups attached to an aromatic ring is 1. The Morgan fingerprint density at radius 2 is 1.90 bits per heavy atom. The molecule has 0 bridgehead atoms. The first-order valence-electron chi connectivity index (χ1n) is 11.6. The van der Waals surface area contributed by atoms with Crippen molar-refractivity contribution >= 4 is 17.5 Å². The van der Waals surface area contributed by atoms with Gasteiger partial charge in [-0.25, -0.2) is 4.79 Å². The number of nitrogens with one attached hydrogen (secondary N) is 1. The average molecular weight is 432 g/mol. The molecule has 174 valence electrons. The summed E-state index contributed by atoms with van der Waals surface area (Å²) in [6.07, 6.45) is 1.95. The van der Waals surface area contributed by atoms with Gasteiger partial charge in [0, 0.05) is 58.9 Å². The van der Waals surface area contributed by atoms with E-state index >= 15 is 0 Å². The quantitative estimate of drug-likeness (QED) is 0.696. The van der Waals surface area contributed by atoms with Crippen LogP contribution in [0.2, 0.25) is 0 Å². The fourth-order valence-corrected chi connectivity index (χ4v) is 4.62. The van der Waals surface area contributed by atoms with Crippen LogP contribution < -0.4 is 11.1 Å². The molecule has 0 spiro atoms. The summed E-state index contributed by atoms with van der Waals surface area (Å²) in [6.45, 7) is 15.1. The third-order valence-corrected chi connectivity index (χ3v) is 6.40. The number of hydrogen-bond acceptors (Lipinski definition) is 6. The van der Waals surface area contributed by atoms with Gasteiger partial charge in [0.25, 0.3) is 0 Å². The summed E-state index contributed by atoms with van der Waals surface area (Å²) in [7, 11) is 1.91. The molecule has 0 radical (unpaired) electrons. The number of ether oxygens (including phenoxy) is 1. The van der Waals surface area contributed by atoms with E-state index in [2.05, 4.69) is 34.2 Å². The van der Waals surface area contributed by atoms with Crippen molar-refractivity contribution in [3.63, 3.8) is 0 Å². The molecule has 1 aromatic carbocycles. The molecule has 0 aromatic heterocycles. The van der Waals surface area contributed by atoms with Crippen LogP contribution in [0.3, 0.4) is 0 Å². The Labute approximate surface area is 187 Å². The second-order valence-electron chi connectivity index (χ2n) is 10.2. The first kappa shape index (κ1) is 23.7. The van der Waals surface area contributed by atoms with Gasteiger partial charge in [0.05, 0.1) is 11.4 Å². The first-order valence-corrected chi connectivity index (χ1v) is 11.6. The van der Waals surface area contributed by atoms with Gasteiger partial charge < -0.3 is 20.7 Å². The van der Waals surface area contributed by atoms with Crippen LogP contribution in [-0.2, 0) is 11.3 Å². The number of rotatable bonds is 5. The third-order valence-electron chi connectivity index (χ3n) is 6.40. The minimum Gasteiger partial charge on any atom is -0.444 e. The fourth-order valence-electron chi connectivity index (χ4n) is 4.62. The number of carbonyl (C=O) groups excluding carboxylic acids is 1. The molecule has 2 aliphatic rings. The van der Waals surface area contributed by atoms with E-state index in [0.29, 0.717) is 12.0 Å². The maximum Gasteiger partial charge on any atom is 0.410 e. The number of piperazine rings is 1. The Balaban J connectivity index is 1.43. The van der Waals surface area contributed by atoms with Gasteiger partial charge >= 0.3 is 6.09 Å². The Morgan fingerprint density at radius 1 is 1.19 bits per heavy atom. The molecule has 2 heterocycles. The number of anilines is 2. The van der Waals surface area contributed by atoms with Gasteiger partial charge in [-0.05, 0) is 64.2 Å². The van der Waals surface area contributed by atoms with Gasteiger partial charge in [0.15, 0.2) is 0 Å². The molecule has 1 aromatic rings. The summed E-state index contributed by atoms with van der Waals surface area (Å²) in [6, 6.07) is 6.82. The van der Waals surface area contributed by atoms with Crippen molar-refractivity contribution in [2.24, 2.45) is 5.92 Å². The zero-order chi connectivity index (χ0) is 22.6. The molecule has 2 aliphatic heterocycles. The van der Waals surface area contributed by atoms with Crippen LogP contribution in [0.4, 0.5) is 16.2 Å². The zero-order valence-corrected chi connectivity index (χ0v) is 20.0. The molecule has 1 atom stereocenters. The lowest BCUT2D eigenvalue weighted by Crippen LogP contribution is -2.53. The maximum absolute atomic E-state index is 12.3. The monoisotopic (exact) mass is 431 g/mol. The normalized spacial score (nSPS) is 21.8. The SMILES string of the molecule is CNc1cc(CN2CCN(CC3CCN(C(=O)OC(C)(C)C)CC3)[C@@H](C)C2)ccc1N. The van der Waals surface area contributed by atoms with Crippen LogP contribution in [0.15, 0.2) is 18.2 Å². The molecule has 7 nitrogen and oxygen atoms in total. The van der Waals surface area contributed by atoms with Crippen molar-refractivity contribution in [2.75, 3.05) is 57.4 Å². The van der Waals surface area contributed by atoms with Crippen molar-refractivity contribution < 1.29 is 9.53 Å². The van der Waals surface area contributed by atoms with E-state index in [0.717, 1.165) is 70.0 Å². The van der Waals surface area contributed by atoms with E-state index in [1.165, 1.54) is 5.56 Å². The number of amides is 1. The van der Waals surface area contributed by atoms with Gasteiger partial charge in [-0.3, -0.25) is 9.80 Å². The predicted octanol–water partition coefficient (Wildman–Crippen LogP) is 3.46. The summed E-state index contributed by atoms with van der Waals surface area (Å²) >= 11 is 0. The Morgan fingerprint density at radius 3 is 2.52 bits per heavy atom. The lowest BCUT2D eigenvalue weighted by Gasteiger charge is -2.42. The standard InChI is InChI=1S/C24H41N5O2/c1-18-15-27(16-20-6-7-21(25)22(14-20)26-5)12-13-29(18)17-19-8-10-28(11-9-19)23(30)31-24(2,3)4/h6-7,14,18-19,26H,8-13,15-17,25H2,1-5H3/t18-/m0/s1. The molecule has 2 fully saturated rings. The van der Waals surface area contributed by atoms with E-state index < -0.39 is 5.60 Å². The van der Waals surface area contributed by atoms with Crippen LogP contribution in [0.25, 0.3) is 0 Å². The number of nitrogens with zero attached hydrogens (tertiary/aromatic N) is 3. The van der Waals surface area contributed by atoms with Crippen molar-refractivity contribution in [2.45, 2.75) is 58.7 Å². The summed E-state index contributed by atoms with van der Waals surface area (Å²) in [5.74, 6) is 0.656. The van der Waals surface area contributed by atoms with Gasteiger partial charge in [-0.15, -0.1) is 0 Å². The lowest BCUT2D eigenvalue weighted by atomic mass is 9.95. The van der Waals surface area contributed by atoms with Gasteiger partial charge in [-0.1, -0.05) is 6.07 Å². The second kappa shape index (κ2) is 10.1. The number of carbonyl (C=O) groups is 1. The van der Waals surface area contributed by atoms with E-state index in [-0.39, 0.29) is 6.09 Å². The highest BCUT2D eigenvalue weighted by atomic mass is 16.6. The van der Waals surface area contributed by atoms with Gasteiger partial charge in [0.1, 0.15) is 5.60 Å². The highest BCUT2D eigenvalue weighted by Gasteiger charge is 2.30. The molecule has 2 saturated heterocycles. The first-order chi connectivity index (χ1) is 14.6. The molecule has 31 heavy (non-hydrogen) atoms. The smallest absolute Gasteiger partial charge is 0.410 e. The average Bonchev–Trinajstić information content (AvgIpc) is 2.70. The number of nitrogens with two attached hydrogens (primary N) is 1. The minimum absolute atomic E-state index is 0.169. The molecular formula is C24H41N5O2. The van der Waals surface area contributed by atoms with Crippen LogP contribution in [0, 0.1) is 5.92 Å². The largest absolute Gasteiger partial charge is 0.444 e. The number of hydrogen-bond donors (Lipinski definition) is 2. The molecule has 3 rings (SSSR count). The molecule has 7 heteroatoms. The maximum atomic E-state index is 12.3. The zero-order valence-electron chi connectivity index (χ0n) is 20.0. The highest BCUT2D eigenvalue weighted by Crippen LogP contribution is 2.24. The third kappa shape index (κ3) is 6.74. The van der Waals surface area contributed by atoms with E-state index in [4.69, 9.17) is 10.5 Å². The highest BCUT2D eigenvalue weighted by molar-refractivity contribution is 5.68. The summed E-state index contributed by atoms with van der Waals surface area (Å²) in [5.41, 5.74) is 8.67. The summed E-state index contributed by atoms with van der Waals surface area (Å²) in [5, 5.41) is 3.17. The van der Waals surface area contributed by atoms with Crippen LogP contribution in [0.1, 0.15) is 46.1 Å². The van der Waals surface area contributed by atoms with Crippen LogP contribution in [-0.4, -0.2) is 78.8 Å². The van der Waals surface area contributed by atoms with Crippen LogP contribution in [0.5, 0.6) is 0 Å². The molecule has 0 aliphatic carbocycles. The van der Waals surface area contributed by atoms with Gasteiger partial charge in [-0.2, -0.15) is 0 Å². The van der Waals surface area contributed by atoms with Crippen LogP contribution >= 0.6 is 0 Å². The van der Waals surface area contributed by atoms with Gasteiger partial charge in [0.2, 0.25) is 0 Å². The molecule has 0 unspecified atom stereocenters.